The van der Waals surface area contributed by atoms with Gasteiger partial charge in [-0.2, -0.15) is 0 Å². The molecule has 0 aliphatic carbocycles. The van der Waals surface area contributed by atoms with Crippen LogP contribution in [0, 0.1) is 0 Å². The molecule has 0 radical (unpaired) electrons. The van der Waals surface area contributed by atoms with Crippen LogP contribution >= 0.6 is 0 Å². The van der Waals surface area contributed by atoms with Crippen LogP contribution in [-0.4, -0.2) is 6.54 Å². The Bertz CT molecular complexity index is 302. The van der Waals surface area contributed by atoms with E-state index in [9.17, 15) is 0 Å². The van der Waals surface area contributed by atoms with E-state index in [0.717, 1.165) is 13.1 Å². The van der Waals surface area contributed by atoms with Crippen LogP contribution in [0.1, 0.15) is 50.3 Å². The maximum atomic E-state index is 3.39. The molecular weight excluding hydrogens is 182 g/mol. The van der Waals surface area contributed by atoms with Crippen LogP contribution in [-0.2, 0) is 13.0 Å². The summed E-state index contributed by atoms with van der Waals surface area (Å²) in [5.41, 5.74) is 4.50. The second kappa shape index (κ2) is 5.92. The summed E-state index contributed by atoms with van der Waals surface area (Å²) in [6, 6.07) is 6.91. The van der Waals surface area contributed by atoms with Crippen molar-refractivity contribution in [2.75, 3.05) is 6.54 Å². The van der Waals surface area contributed by atoms with E-state index in [-0.39, 0.29) is 0 Å². The quantitative estimate of drug-likeness (QED) is 0.740. The number of hydrogen-bond donors (Lipinski definition) is 1. The molecule has 1 N–H and O–H groups in total. The number of fused-ring (bicyclic) bond motifs is 1. The first kappa shape index (κ1) is 12.3. The Morgan fingerprint density at radius 3 is 2.53 bits per heavy atom. The van der Waals surface area contributed by atoms with Crippen LogP contribution in [0.3, 0.4) is 0 Å². The summed E-state index contributed by atoms with van der Waals surface area (Å²) in [6.45, 7) is 10.7. The summed E-state index contributed by atoms with van der Waals surface area (Å²) in [4.78, 5) is 0. The maximum Gasteiger partial charge on any atom is 0.0208 e. The molecule has 0 atom stereocenters. The Balaban J connectivity index is 0.000000531. The van der Waals surface area contributed by atoms with Crippen molar-refractivity contribution in [2.45, 2.75) is 46.6 Å². The van der Waals surface area contributed by atoms with E-state index in [1.807, 2.05) is 13.8 Å². The minimum absolute atomic E-state index is 0.653. The minimum atomic E-state index is 0.653. The van der Waals surface area contributed by atoms with Crippen LogP contribution in [0.5, 0.6) is 0 Å². The molecule has 1 aliphatic heterocycles. The summed E-state index contributed by atoms with van der Waals surface area (Å²) in [6.07, 6.45) is 1.19. The first-order valence-corrected chi connectivity index (χ1v) is 6.10. The fourth-order valence-electron chi connectivity index (χ4n) is 1.86. The van der Waals surface area contributed by atoms with Crippen molar-refractivity contribution in [3.63, 3.8) is 0 Å². The highest BCUT2D eigenvalue weighted by atomic mass is 14.9. The van der Waals surface area contributed by atoms with Gasteiger partial charge in [0.15, 0.2) is 0 Å². The monoisotopic (exact) mass is 205 g/mol. The average molecular weight is 205 g/mol. The molecule has 1 aliphatic rings. The summed E-state index contributed by atoms with van der Waals surface area (Å²) in [7, 11) is 0. The largest absolute Gasteiger partial charge is 0.312 e. The third kappa shape index (κ3) is 3.07. The first-order chi connectivity index (χ1) is 7.27. The highest BCUT2D eigenvalue weighted by Gasteiger charge is 2.09. The standard InChI is InChI=1S/C12H17N.C2H6/c1-9(2)10-3-4-12-8-13-6-5-11(12)7-10;1-2/h3-4,7,9,13H,5-6,8H2,1-2H3;1-2H3. The van der Waals surface area contributed by atoms with E-state index >= 15 is 0 Å². The van der Waals surface area contributed by atoms with Crippen LogP contribution < -0.4 is 5.32 Å². The molecule has 0 saturated heterocycles. The van der Waals surface area contributed by atoms with Gasteiger partial charge in [0.2, 0.25) is 0 Å². The molecule has 1 aromatic carbocycles. The zero-order chi connectivity index (χ0) is 11.3. The van der Waals surface area contributed by atoms with Crippen molar-refractivity contribution in [2.24, 2.45) is 0 Å². The Labute approximate surface area is 93.9 Å². The topological polar surface area (TPSA) is 12.0 Å². The lowest BCUT2D eigenvalue weighted by Crippen LogP contribution is -2.23. The van der Waals surface area contributed by atoms with Crippen molar-refractivity contribution in [3.8, 4) is 0 Å². The second-order valence-electron chi connectivity index (χ2n) is 4.11. The predicted octanol–water partition coefficient (Wildman–Crippen LogP) is 3.48. The molecule has 2 rings (SSSR count). The molecule has 0 aromatic heterocycles. The SMILES string of the molecule is CC.CC(C)c1ccc2c(c1)CCNC2. The fourth-order valence-corrected chi connectivity index (χ4v) is 1.86. The Hall–Kier alpha value is -0.820. The zero-order valence-electron chi connectivity index (χ0n) is 10.4. The number of hydrogen-bond acceptors (Lipinski definition) is 1. The van der Waals surface area contributed by atoms with E-state index in [0.29, 0.717) is 5.92 Å². The molecule has 0 saturated carbocycles. The fraction of sp³-hybridized carbons (Fsp3) is 0.571. The van der Waals surface area contributed by atoms with Gasteiger partial charge in [0.1, 0.15) is 0 Å². The smallest absolute Gasteiger partial charge is 0.0208 e. The highest BCUT2D eigenvalue weighted by molar-refractivity contribution is 5.34. The molecule has 84 valence electrons. The lowest BCUT2D eigenvalue weighted by Gasteiger charge is -2.18. The van der Waals surface area contributed by atoms with Gasteiger partial charge in [-0.15, -0.1) is 0 Å². The zero-order valence-corrected chi connectivity index (χ0v) is 10.4. The lowest BCUT2D eigenvalue weighted by molar-refractivity contribution is 0.642. The van der Waals surface area contributed by atoms with E-state index < -0.39 is 0 Å². The van der Waals surface area contributed by atoms with Crippen molar-refractivity contribution < 1.29 is 0 Å². The van der Waals surface area contributed by atoms with Crippen molar-refractivity contribution >= 4 is 0 Å². The van der Waals surface area contributed by atoms with Crippen molar-refractivity contribution in [1.29, 1.82) is 0 Å². The summed E-state index contributed by atoms with van der Waals surface area (Å²) < 4.78 is 0. The maximum absolute atomic E-state index is 3.39. The van der Waals surface area contributed by atoms with Gasteiger partial charge in [-0.3, -0.25) is 0 Å². The number of nitrogens with one attached hydrogen (secondary N) is 1. The minimum Gasteiger partial charge on any atom is -0.312 e. The molecule has 1 aromatic rings. The van der Waals surface area contributed by atoms with Crippen molar-refractivity contribution in [1.82, 2.24) is 5.32 Å². The molecule has 1 heterocycles. The van der Waals surface area contributed by atoms with Gasteiger partial charge < -0.3 is 5.32 Å². The number of rotatable bonds is 1. The van der Waals surface area contributed by atoms with Crippen LogP contribution in [0.15, 0.2) is 18.2 Å². The van der Waals surface area contributed by atoms with Gasteiger partial charge in [-0.25, -0.2) is 0 Å². The van der Waals surface area contributed by atoms with Crippen LogP contribution in [0.4, 0.5) is 0 Å². The summed E-state index contributed by atoms with van der Waals surface area (Å²) >= 11 is 0. The molecule has 1 nitrogen and oxygen atoms in total. The average Bonchev–Trinajstić information content (AvgIpc) is 2.31. The predicted molar refractivity (Wildman–Crippen MR) is 67.3 cm³/mol. The Morgan fingerprint density at radius 1 is 1.13 bits per heavy atom. The molecule has 1 heteroatoms. The molecule has 0 bridgehead atoms. The third-order valence-electron chi connectivity index (χ3n) is 2.78. The molecule has 0 amide bonds. The third-order valence-corrected chi connectivity index (χ3v) is 2.78. The van der Waals surface area contributed by atoms with E-state index in [2.05, 4.69) is 37.4 Å². The van der Waals surface area contributed by atoms with Gasteiger partial charge >= 0.3 is 0 Å². The molecule has 0 unspecified atom stereocenters. The van der Waals surface area contributed by atoms with Crippen LogP contribution in [0.25, 0.3) is 0 Å². The molecule has 0 spiro atoms. The van der Waals surface area contributed by atoms with Gasteiger partial charge in [-0.05, 0) is 35.6 Å². The Morgan fingerprint density at radius 2 is 1.87 bits per heavy atom. The van der Waals surface area contributed by atoms with Gasteiger partial charge in [0.05, 0.1) is 0 Å². The van der Waals surface area contributed by atoms with Gasteiger partial charge in [0, 0.05) is 6.54 Å². The number of benzene rings is 1. The highest BCUT2D eigenvalue weighted by Crippen LogP contribution is 2.20. The van der Waals surface area contributed by atoms with Crippen LogP contribution in [0.2, 0.25) is 0 Å². The molecule has 15 heavy (non-hydrogen) atoms. The van der Waals surface area contributed by atoms with E-state index in [1.54, 1.807) is 5.56 Å². The van der Waals surface area contributed by atoms with E-state index in [1.165, 1.54) is 17.5 Å². The van der Waals surface area contributed by atoms with E-state index in [4.69, 9.17) is 0 Å². The molecular formula is C14H23N. The first-order valence-electron chi connectivity index (χ1n) is 6.10. The van der Waals surface area contributed by atoms with Crippen molar-refractivity contribution in [3.05, 3.63) is 34.9 Å². The Kier molecular flexibility index (Phi) is 4.83. The molecule has 0 fully saturated rings. The van der Waals surface area contributed by atoms with Gasteiger partial charge in [-0.1, -0.05) is 45.9 Å². The van der Waals surface area contributed by atoms with Gasteiger partial charge in [0.25, 0.3) is 0 Å². The lowest BCUT2D eigenvalue weighted by atomic mass is 9.94. The summed E-state index contributed by atoms with van der Waals surface area (Å²) in [5.74, 6) is 0.653. The summed E-state index contributed by atoms with van der Waals surface area (Å²) in [5, 5.41) is 3.39. The normalized spacial score (nSPS) is 14.2. The second-order valence-corrected chi connectivity index (χ2v) is 4.11.